The normalized spacial score (nSPS) is 25.0. The SMILES string of the molecule is CCCCOc1cc(C)c(C(=O)P2C3CCCC2CCC3)c(OCCCC)c1.CCCCOc1cc(C)c(C(=O)P2C3CCCCC2CC3)c(OCCCC)c1.COc1cc(C)c(C(=O)P2C3CCCCC2CC3)c(OC)c1. The summed E-state index contributed by atoms with van der Waals surface area (Å²) in [5.74, 6) is 4.62. The van der Waals surface area contributed by atoms with Crippen LogP contribution in [0.25, 0.3) is 0 Å². The maximum absolute atomic E-state index is 13.8. The first-order chi connectivity index (χ1) is 38.0. The number of benzene rings is 3. The second-order valence-electron chi connectivity index (χ2n) is 23.2. The van der Waals surface area contributed by atoms with Crippen LogP contribution in [0.4, 0.5) is 0 Å². The number of rotatable bonds is 24. The summed E-state index contributed by atoms with van der Waals surface area (Å²) in [4.78, 5) is 40.9. The van der Waals surface area contributed by atoms with E-state index in [-0.39, 0.29) is 0 Å². The molecule has 0 radical (unpaired) electrons. The van der Waals surface area contributed by atoms with Crippen LogP contribution in [-0.2, 0) is 0 Å². The van der Waals surface area contributed by atoms with E-state index in [1.54, 1.807) is 14.2 Å². The van der Waals surface area contributed by atoms with E-state index in [4.69, 9.17) is 28.4 Å². The number of carbonyl (C=O) groups excluding carboxylic acids is 3. The molecular weight excluding hydrogens is 1030 g/mol. The van der Waals surface area contributed by atoms with Crippen molar-refractivity contribution < 1.29 is 42.8 Å². The summed E-state index contributed by atoms with van der Waals surface area (Å²) in [7, 11) is 1.56. The molecule has 6 heterocycles. The molecule has 0 aliphatic carbocycles. The van der Waals surface area contributed by atoms with E-state index in [2.05, 4.69) is 41.5 Å². The lowest BCUT2D eigenvalue weighted by Gasteiger charge is -2.42. The average Bonchev–Trinajstić information content (AvgIpc) is 3.89. The van der Waals surface area contributed by atoms with E-state index in [0.717, 1.165) is 113 Å². The predicted octanol–water partition coefficient (Wildman–Crippen LogP) is 18.9. The number of methoxy groups -OCH3 is 2. The Hall–Kier alpha value is -3.24. The minimum atomic E-state index is -0.581. The van der Waals surface area contributed by atoms with Crippen molar-refractivity contribution in [1.29, 1.82) is 0 Å². The van der Waals surface area contributed by atoms with Crippen LogP contribution in [0.2, 0.25) is 0 Å². The van der Waals surface area contributed by atoms with E-state index in [1.807, 2.05) is 43.3 Å². The number of ether oxygens (including phenoxy) is 6. The molecule has 9 nitrogen and oxygen atoms in total. The van der Waals surface area contributed by atoms with Gasteiger partial charge < -0.3 is 28.4 Å². The fourth-order valence-corrected chi connectivity index (χ4v) is 24.1. The maximum atomic E-state index is 13.8. The maximum Gasteiger partial charge on any atom is 0.188 e. The molecule has 12 heteroatoms. The third kappa shape index (κ3) is 16.1. The highest BCUT2D eigenvalue weighted by Gasteiger charge is 2.45. The van der Waals surface area contributed by atoms with Crippen LogP contribution >= 0.6 is 23.8 Å². The molecule has 6 saturated heterocycles. The summed E-state index contributed by atoms with van der Waals surface area (Å²) in [6.45, 7) is 17.5. The van der Waals surface area contributed by atoms with Gasteiger partial charge in [-0.05, 0) is 216 Å². The van der Waals surface area contributed by atoms with Gasteiger partial charge in [0.15, 0.2) is 16.6 Å². The molecule has 9 rings (SSSR count). The van der Waals surface area contributed by atoms with Crippen LogP contribution in [0.15, 0.2) is 36.4 Å². The molecule has 3 aromatic carbocycles. The molecule has 0 amide bonds. The van der Waals surface area contributed by atoms with Crippen LogP contribution in [0.1, 0.15) is 242 Å². The first-order valence-corrected chi connectivity index (χ1v) is 35.4. The van der Waals surface area contributed by atoms with Crippen LogP contribution in [-0.4, -0.2) is 91.2 Å². The van der Waals surface area contributed by atoms with E-state index >= 15 is 0 Å². The molecular formula is C66H99O9P3. The second kappa shape index (κ2) is 31.8. The zero-order chi connectivity index (χ0) is 55.6. The number of unbranched alkanes of at least 4 members (excludes halogenated alkanes) is 4. The fraction of sp³-hybridized carbons (Fsp3) is 0.682. The Morgan fingerprint density at radius 1 is 0.372 bits per heavy atom. The highest BCUT2D eigenvalue weighted by Crippen LogP contribution is 2.65. The molecule has 6 fully saturated rings. The van der Waals surface area contributed by atoms with Crippen molar-refractivity contribution in [3.63, 3.8) is 0 Å². The number of aryl methyl sites for hydroxylation is 3. The lowest BCUT2D eigenvalue weighted by molar-refractivity contribution is 0.106. The van der Waals surface area contributed by atoms with E-state index < -0.39 is 23.8 Å². The van der Waals surface area contributed by atoms with Gasteiger partial charge in [-0.25, -0.2) is 0 Å². The standard InChI is InChI=1S/2C24H37O3P.C18H25O3P/c1-4-6-14-26-19-16-18(3)23(22(17-19)27-15-7-5-2)24(25)28-20-10-8-11-21(28)13-9-12-20;1-4-6-14-26-19-16-18(3)23(22(17-19)27-15-7-5-2)24(25)28-20-10-8-9-11-21(28)13-12-20;1-12-10-13(20-2)11-16(21-3)17(12)18(19)22-14-6-4-5-7-15(22)9-8-14/h2*16-17,20-21H,4-15H2,1-3H3;10-11,14-15H,4-9H2,1-3H3. The van der Waals surface area contributed by atoms with Gasteiger partial charge in [-0.1, -0.05) is 91.9 Å². The average molecular weight is 1130 g/mol. The summed E-state index contributed by atoms with van der Waals surface area (Å²) < 4.78 is 35.0. The third-order valence-corrected chi connectivity index (χ3v) is 27.4. The molecule has 6 bridgehead atoms. The molecule has 0 spiro atoms. The van der Waals surface area contributed by atoms with Gasteiger partial charge in [0.25, 0.3) is 0 Å². The van der Waals surface area contributed by atoms with Gasteiger partial charge in [-0.15, -0.1) is 0 Å². The summed E-state index contributed by atoms with van der Waals surface area (Å²) >= 11 is 0. The molecule has 432 valence electrons. The van der Waals surface area contributed by atoms with Crippen LogP contribution < -0.4 is 28.4 Å². The topological polar surface area (TPSA) is 107 Å². The van der Waals surface area contributed by atoms with Gasteiger partial charge in [0.05, 0.1) is 57.3 Å². The Morgan fingerprint density at radius 2 is 0.654 bits per heavy atom. The van der Waals surface area contributed by atoms with Crippen molar-refractivity contribution >= 4 is 40.3 Å². The molecule has 0 N–H and O–H groups in total. The van der Waals surface area contributed by atoms with Gasteiger partial charge in [0, 0.05) is 18.2 Å². The Bertz CT molecular complexity index is 2260. The molecule has 0 aromatic heterocycles. The van der Waals surface area contributed by atoms with Crippen molar-refractivity contribution in [3.05, 3.63) is 69.8 Å². The first-order valence-electron chi connectivity index (χ1n) is 31.0. The Morgan fingerprint density at radius 3 is 0.974 bits per heavy atom. The van der Waals surface area contributed by atoms with Crippen molar-refractivity contribution in [1.82, 2.24) is 0 Å². The monoisotopic (exact) mass is 1130 g/mol. The molecule has 0 saturated carbocycles. The fourth-order valence-electron chi connectivity index (χ4n) is 13.3. The summed E-state index contributed by atoms with van der Waals surface area (Å²) in [6.07, 6.45) is 31.3. The predicted molar refractivity (Wildman–Crippen MR) is 328 cm³/mol. The number of hydrogen-bond donors (Lipinski definition) is 0. The summed E-state index contributed by atoms with van der Waals surface area (Å²) in [6, 6.07) is 11.8. The highest BCUT2D eigenvalue weighted by molar-refractivity contribution is 7.77. The summed E-state index contributed by atoms with van der Waals surface area (Å²) in [5, 5.41) is 0. The van der Waals surface area contributed by atoms with Gasteiger partial charge >= 0.3 is 0 Å². The van der Waals surface area contributed by atoms with Gasteiger partial charge in [0.1, 0.15) is 34.5 Å². The highest BCUT2D eigenvalue weighted by atomic mass is 31.1. The Kier molecular flexibility index (Phi) is 25.4. The molecule has 4 atom stereocenters. The molecule has 78 heavy (non-hydrogen) atoms. The zero-order valence-electron chi connectivity index (χ0n) is 49.7. The van der Waals surface area contributed by atoms with Crippen molar-refractivity contribution in [2.24, 2.45) is 0 Å². The molecule has 6 aliphatic heterocycles. The minimum absolute atomic E-state index is 0.362. The van der Waals surface area contributed by atoms with Crippen LogP contribution in [0, 0.1) is 20.8 Å². The minimum Gasteiger partial charge on any atom is -0.497 e. The molecule has 6 aliphatic rings. The lowest BCUT2D eigenvalue weighted by atomic mass is 9.99. The van der Waals surface area contributed by atoms with Crippen molar-refractivity contribution in [3.8, 4) is 34.5 Å². The molecule has 3 aromatic rings. The largest absolute Gasteiger partial charge is 0.497 e. The molecule has 4 unspecified atom stereocenters. The zero-order valence-corrected chi connectivity index (χ0v) is 52.3. The van der Waals surface area contributed by atoms with E-state index in [0.29, 0.717) is 82.7 Å². The smallest absolute Gasteiger partial charge is 0.188 e. The number of carbonyl (C=O) groups is 3. The van der Waals surface area contributed by atoms with Crippen LogP contribution in [0.5, 0.6) is 34.5 Å². The van der Waals surface area contributed by atoms with Crippen molar-refractivity contribution in [2.75, 3.05) is 40.6 Å². The second-order valence-corrected chi connectivity index (χ2v) is 31.2. The van der Waals surface area contributed by atoms with E-state index in [9.17, 15) is 14.4 Å². The summed E-state index contributed by atoms with van der Waals surface area (Å²) in [5.41, 5.74) is 10.5. The van der Waals surface area contributed by atoms with Gasteiger partial charge in [0.2, 0.25) is 0 Å². The van der Waals surface area contributed by atoms with E-state index in [1.165, 1.54) is 116 Å². The lowest BCUT2D eigenvalue weighted by Crippen LogP contribution is -2.30. The Labute approximate surface area is 475 Å². The third-order valence-electron chi connectivity index (χ3n) is 17.5. The Balaban J connectivity index is 0.000000171. The van der Waals surface area contributed by atoms with Gasteiger partial charge in [-0.3, -0.25) is 14.4 Å². The van der Waals surface area contributed by atoms with Crippen LogP contribution in [0.3, 0.4) is 0 Å². The number of fused-ring (bicyclic) bond motifs is 6. The van der Waals surface area contributed by atoms with Gasteiger partial charge in [-0.2, -0.15) is 0 Å². The van der Waals surface area contributed by atoms with Crippen molar-refractivity contribution in [2.45, 2.75) is 249 Å². The first kappa shape index (κ1) is 62.4. The number of hydrogen-bond acceptors (Lipinski definition) is 9. The quantitative estimate of drug-likeness (QED) is 0.0640.